The number of fused-ring (bicyclic) bond motifs is 2. The summed E-state index contributed by atoms with van der Waals surface area (Å²) in [5.41, 5.74) is 3.40. The lowest BCUT2D eigenvalue weighted by atomic mass is 10.1. The number of pyridine rings is 1. The molecule has 1 aromatic carbocycles. The zero-order valence-corrected chi connectivity index (χ0v) is 11.6. The molecule has 0 spiro atoms. The van der Waals surface area contributed by atoms with E-state index in [1.54, 1.807) is 0 Å². The topological polar surface area (TPSA) is 42.2 Å². The maximum Gasteiger partial charge on any atom is 0.160 e. The largest absolute Gasteiger partial charge is 0.375 e. The van der Waals surface area contributed by atoms with E-state index in [2.05, 4.69) is 49.6 Å². The average molecular weight is 315 g/mol. The first kappa shape index (κ1) is 11.0. The van der Waals surface area contributed by atoms with Gasteiger partial charge in [0, 0.05) is 22.8 Å². The van der Waals surface area contributed by atoms with Crippen molar-refractivity contribution >= 4 is 27.3 Å². The second-order valence-electron chi connectivity index (χ2n) is 4.69. The summed E-state index contributed by atoms with van der Waals surface area (Å²) >= 11 is 3.49. The van der Waals surface area contributed by atoms with Gasteiger partial charge in [0.15, 0.2) is 11.5 Å². The smallest absolute Gasteiger partial charge is 0.160 e. The molecule has 0 radical (unpaired) electrons. The fourth-order valence-corrected chi connectivity index (χ4v) is 2.91. The minimum atomic E-state index is 0.182. The van der Waals surface area contributed by atoms with Gasteiger partial charge in [-0.15, -0.1) is 10.2 Å². The number of nitrogens with zero attached hydrogens (tertiary/aromatic N) is 3. The summed E-state index contributed by atoms with van der Waals surface area (Å²) in [7, 11) is 0. The second-order valence-corrected chi connectivity index (χ2v) is 5.61. The lowest BCUT2D eigenvalue weighted by molar-refractivity contribution is 0.734. The number of benzene rings is 1. The Bertz CT molecular complexity index is 740. The third-order valence-electron chi connectivity index (χ3n) is 3.48. The number of nitrogens with one attached hydrogen (secondary N) is 1. The van der Waals surface area contributed by atoms with Crippen LogP contribution < -0.4 is 5.32 Å². The molecule has 0 bridgehead atoms. The standard InChI is InChI=1S/C14H11BrN4/c15-10-5-6-13-17-18-14(19(13)8-10)12-7-9-3-1-2-4-11(9)16-12/h1-6,8,12,16H,7H2. The van der Waals surface area contributed by atoms with Crippen LogP contribution >= 0.6 is 15.9 Å². The van der Waals surface area contributed by atoms with Gasteiger partial charge in [0.2, 0.25) is 0 Å². The van der Waals surface area contributed by atoms with Crippen LogP contribution in [0.1, 0.15) is 17.4 Å². The molecule has 2 aromatic heterocycles. The number of aromatic nitrogens is 3. The maximum absolute atomic E-state index is 4.33. The van der Waals surface area contributed by atoms with Crippen LogP contribution in [0, 0.1) is 0 Å². The van der Waals surface area contributed by atoms with Gasteiger partial charge in [-0.2, -0.15) is 0 Å². The maximum atomic E-state index is 4.33. The lowest BCUT2D eigenvalue weighted by Crippen LogP contribution is -2.10. The van der Waals surface area contributed by atoms with Crippen molar-refractivity contribution in [1.82, 2.24) is 14.6 Å². The van der Waals surface area contributed by atoms with Crippen LogP contribution in [-0.2, 0) is 6.42 Å². The summed E-state index contributed by atoms with van der Waals surface area (Å²) < 4.78 is 3.06. The monoisotopic (exact) mass is 314 g/mol. The molecule has 94 valence electrons. The number of hydrogen-bond donors (Lipinski definition) is 1. The molecule has 1 N–H and O–H groups in total. The van der Waals surface area contributed by atoms with Gasteiger partial charge in [0.05, 0.1) is 6.04 Å². The summed E-state index contributed by atoms with van der Waals surface area (Å²) in [6.07, 6.45) is 2.96. The molecule has 3 heterocycles. The van der Waals surface area contributed by atoms with E-state index in [1.807, 2.05) is 28.8 Å². The molecule has 0 fully saturated rings. The molecule has 1 atom stereocenters. The van der Waals surface area contributed by atoms with E-state index < -0.39 is 0 Å². The van der Waals surface area contributed by atoms with E-state index in [0.717, 1.165) is 22.4 Å². The molecule has 19 heavy (non-hydrogen) atoms. The quantitative estimate of drug-likeness (QED) is 0.750. The van der Waals surface area contributed by atoms with Gasteiger partial charge in [0.25, 0.3) is 0 Å². The van der Waals surface area contributed by atoms with Gasteiger partial charge in [-0.3, -0.25) is 4.40 Å². The van der Waals surface area contributed by atoms with Crippen molar-refractivity contribution in [3.8, 4) is 0 Å². The predicted molar refractivity (Wildman–Crippen MR) is 77.2 cm³/mol. The van der Waals surface area contributed by atoms with Crippen LogP contribution in [0.4, 0.5) is 5.69 Å². The van der Waals surface area contributed by atoms with Gasteiger partial charge in [-0.05, 0) is 39.7 Å². The fraction of sp³-hybridized carbons (Fsp3) is 0.143. The van der Waals surface area contributed by atoms with Gasteiger partial charge in [-0.25, -0.2) is 0 Å². The summed E-state index contributed by atoms with van der Waals surface area (Å²) in [5.74, 6) is 0.951. The highest BCUT2D eigenvalue weighted by atomic mass is 79.9. The number of anilines is 1. The molecule has 1 aliphatic rings. The van der Waals surface area contributed by atoms with Crippen molar-refractivity contribution in [3.63, 3.8) is 0 Å². The molecular weight excluding hydrogens is 304 g/mol. The first-order chi connectivity index (χ1) is 9.31. The van der Waals surface area contributed by atoms with Crippen LogP contribution in [0.2, 0.25) is 0 Å². The average Bonchev–Trinajstić information content (AvgIpc) is 3.00. The first-order valence-electron chi connectivity index (χ1n) is 6.16. The number of rotatable bonds is 1. The van der Waals surface area contributed by atoms with Gasteiger partial charge >= 0.3 is 0 Å². The Labute approximate surface area is 118 Å². The fourth-order valence-electron chi connectivity index (χ4n) is 2.57. The minimum absolute atomic E-state index is 0.182. The van der Waals surface area contributed by atoms with Crippen LogP contribution in [-0.4, -0.2) is 14.6 Å². The zero-order chi connectivity index (χ0) is 12.8. The molecular formula is C14H11BrN4. The Morgan fingerprint density at radius 1 is 1.16 bits per heavy atom. The van der Waals surface area contributed by atoms with Crippen molar-refractivity contribution < 1.29 is 0 Å². The Morgan fingerprint density at radius 3 is 2.95 bits per heavy atom. The number of halogens is 1. The molecule has 0 aliphatic carbocycles. The molecule has 0 amide bonds. The third-order valence-corrected chi connectivity index (χ3v) is 3.94. The second kappa shape index (κ2) is 4.06. The number of para-hydroxylation sites is 1. The van der Waals surface area contributed by atoms with E-state index in [4.69, 9.17) is 0 Å². The summed E-state index contributed by atoms with van der Waals surface area (Å²) in [5, 5.41) is 12.1. The molecule has 0 saturated heterocycles. The molecule has 1 unspecified atom stereocenters. The van der Waals surface area contributed by atoms with E-state index in [-0.39, 0.29) is 6.04 Å². The van der Waals surface area contributed by atoms with E-state index in [0.29, 0.717) is 0 Å². The molecule has 5 heteroatoms. The van der Waals surface area contributed by atoms with E-state index in [9.17, 15) is 0 Å². The molecule has 1 aliphatic heterocycles. The zero-order valence-electron chi connectivity index (χ0n) is 10.0. The van der Waals surface area contributed by atoms with Crippen LogP contribution in [0.25, 0.3) is 5.65 Å². The Hall–Kier alpha value is -1.88. The Kier molecular flexibility index (Phi) is 2.35. The van der Waals surface area contributed by atoms with Crippen molar-refractivity contribution in [2.75, 3.05) is 5.32 Å². The summed E-state index contributed by atoms with van der Waals surface area (Å²) in [6, 6.07) is 12.5. The molecule has 4 nitrogen and oxygen atoms in total. The van der Waals surface area contributed by atoms with Gasteiger partial charge < -0.3 is 5.32 Å². The molecule has 3 aromatic rings. The summed E-state index contributed by atoms with van der Waals surface area (Å²) in [4.78, 5) is 0. The number of hydrogen-bond acceptors (Lipinski definition) is 3. The highest BCUT2D eigenvalue weighted by Crippen LogP contribution is 2.33. The van der Waals surface area contributed by atoms with E-state index in [1.165, 1.54) is 11.3 Å². The highest BCUT2D eigenvalue weighted by Gasteiger charge is 2.25. The summed E-state index contributed by atoms with van der Waals surface area (Å²) in [6.45, 7) is 0. The first-order valence-corrected chi connectivity index (χ1v) is 6.95. The van der Waals surface area contributed by atoms with Crippen LogP contribution in [0.3, 0.4) is 0 Å². The van der Waals surface area contributed by atoms with Crippen molar-refractivity contribution in [2.45, 2.75) is 12.5 Å². The van der Waals surface area contributed by atoms with Crippen molar-refractivity contribution in [3.05, 3.63) is 58.5 Å². The van der Waals surface area contributed by atoms with Crippen LogP contribution in [0.5, 0.6) is 0 Å². The third kappa shape index (κ3) is 1.73. The minimum Gasteiger partial charge on any atom is -0.375 e. The Balaban J connectivity index is 1.79. The normalized spacial score (nSPS) is 17.4. The highest BCUT2D eigenvalue weighted by molar-refractivity contribution is 9.10. The molecule has 4 rings (SSSR count). The van der Waals surface area contributed by atoms with Gasteiger partial charge in [-0.1, -0.05) is 18.2 Å². The SMILES string of the molecule is Brc1ccc2nnc(C3Cc4ccccc4N3)n2c1. The van der Waals surface area contributed by atoms with Crippen LogP contribution in [0.15, 0.2) is 47.1 Å². The molecule has 0 saturated carbocycles. The Morgan fingerprint density at radius 2 is 2.05 bits per heavy atom. The van der Waals surface area contributed by atoms with Crippen molar-refractivity contribution in [1.29, 1.82) is 0 Å². The van der Waals surface area contributed by atoms with Crippen molar-refractivity contribution in [2.24, 2.45) is 0 Å². The van der Waals surface area contributed by atoms with E-state index >= 15 is 0 Å². The van der Waals surface area contributed by atoms with Gasteiger partial charge in [0.1, 0.15) is 0 Å². The lowest BCUT2D eigenvalue weighted by Gasteiger charge is -2.09. The predicted octanol–water partition coefficient (Wildman–Crippen LogP) is 3.20.